The summed E-state index contributed by atoms with van der Waals surface area (Å²) in [5, 5.41) is 0. The fraction of sp³-hybridized carbons (Fsp3) is 0.529. The Kier molecular flexibility index (Phi) is 5.91. The molecule has 121 valence electrons. The summed E-state index contributed by atoms with van der Waals surface area (Å²) in [6.07, 6.45) is 0. The first-order valence-corrected chi connectivity index (χ1v) is 7.60. The smallest absolute Gasteiger partial charge is 0.236 e. The van der Waals surface area contributed by atoms with Crippen molar-refractivity contribution in [2.75, 3.05) is 39.9 Å². The van der Waals surface area contributed by atoms with Gasteiger partial charge in [-0.05, 0) is 36.2 Å². The molecule has 1 aromatic carbocycles. The second-order valence-electron chi connectivity index (χ2n) is 6.01. The topological polar surface area (TPSA) is 32.8 Å². The molecule has 1 saturated heterocycles. The third-order valence-electron chi connectivity index (χ3n) is 3.76. The number of likely N-dealkylation sites (N-methyl/N-ethyl adjacent to an activating group) is 1. The Morgan fingerprint density at radius 2 is 1.95 bits per heavy atom. The first-order valence-electron chi connectivity index (χ1n) is 7.60. The molecule has 1 aliphatic heterocycles. The van der Waals surface area contributed by atoms with E-state index in [1.165, 1.54) is 12.1 Å². The molecule has 0 N–H and O–H groups in total. The van der Waals surface area contributed by atoms with E-state index in [4.69, 9.17) is 4.74 Å². The summed E-state index contributed by atoms with van der Waals surface area (Å²) in [6.45, 7) is 7.33. The molecule has 0 spiro atoms. The van der Waals surface area contributed by atoms with Gasteiger partial charge in [0.1, 0.15) is 5.82 Å². The molecular weight excluding hydrogens is 283 g/mol. The summed E-state index contributed by atoms with van der Waals surface area (Å²) in [5.74, 6) is 0.940. The summed E-state index contributed by atoms with van der Waals surface area (Å²) >= 11 is 0. The van der Waals surface area contributed by atoms with Gasteiger partial charge in [0.05, 0.1) is 19.8 Å². The van der Waals surface area contributed by atoms with E-state index in [2.05, 4.69) is 0 Å². The fourth-order valence-corrected chi connectivity index (χ4v) is 2.54. The van der Waals surface area contributed by atoms with Crippen LogP contribution in [0.15, 0.2) is 18.2 Å². The van der Waals surface area contributed by atoms with Gasteiger partial charge < -0.3 is 9.64 Å². The average molecular weight is 307 g/mol. The molecule has 2 rings (SSSR count). The average Bonchev–Trinajstić information content (AvgIpc) is 2.47. The van der Waals surface area contributed by atoms with Gasteiger partial charge in [0.25, 0.3) is 0 Å². The minimum Gasteiger partial charge on any atom is -0.378 e. The largest absolute Gasteiger partial charge is 0.378 e. The number of amides is 1. The minimum atomic E-state index is -0.235. The Balaban J connectivity index is 1.93. The fourth-order valence-electron chi connectivity index (χ4n) is 2.54. The number of carbonyl (C=O) groups is 1. The van der Waals surface area contributed by atoms with Crippen LogP contribution in [-0.2, 0) is 16.1 Å². The first kappa shape index (κ1) is 16.9. The molecule has 1 radical (unpaired) electrons. The third kappa shape index (κ3) is 4.78. The molecule has 5 heteroatoms. The van der Waals surface area contributed by atoms with Gasteiger partial charge in [-0.25, -0.2) is 4.39 Å². The van der Waals surface area contributed by atoms with E-state index in [1.807, 2.05) is 36.8 Å². The minimum absolute atomic E-state index is 0.0978. The molecule has 0 aliphatic carbocycles. The summed E-state index contributed by atoms with van der Waals surface area (Å²) in [4.78, 5) is 15.9. The van der Waals surface area contributed by atoms with Crippen molar-refractivity contribution in [1.29, 1.82) is 0 Å². The maximum atomic E-state index is 13.7. The highest BCUT2D eigenvalue weighted by atomic mass is 19.1. The molecule has 22 heavy (non-hydrogen) atoms. The van der Waals surface area contributed by atoms with Crippen molar-refractivity contribution in [3.05, 3.63) is 41.1 Å². The molecule has 1 heterocycles. The van der Waals surface area contributed by atoms with E-state index in [0.29, 0.717) is 39.4 Å². The van der Waals surface area contributed by atoms with Gasteiger partial charge in [0.2, 0.25) is 5.91 Å². The molecule has 1 aromatic rings. The summed E-state index contributed by atoms with van der Waals surface area (Å²) in [5.41, 5.74) is 1.79. The third-order valence-corrected chi connectivity index (χ3v) is 3.76. The van der Waals surface area contributed by atoms with Crippen molar-refractivity contribution >= 4 is 5.91 Å². The van der Waals surface area contributed by atoms with Crippen LogP contribution in [0.1, 0.15) is 25.0 Å². The van der Waals surface area contributed by atoms with Gasteiger partial charge in [-0.1, -0.05) is 19.9 Å². The van der Waals surface area contributed by atoms with Crippen LogP contribution >= 0.6 is 0 Å². The Morgan fingerprint density at radius 1 is 1.27 bits per heavy atom. The lowest BCUT2D eigenvalue weighted by Crippen LogP contribution is -2.44. The highest BCUT2D eigenvalue weighted by molar-refractivity contribution is 5.78. The van der Waals surface area contributed by atoms with Crippen LogP contribution in [0.5, 0.6) is 0 Å². The predicted molar refractivity (Wildman–Crippen MR) is 83.8 cm³/mol. The van der Waals surface area contributed by atoms with E-state index in [1.54, 1.807) is 0 Å². The van der Waals surface area contributed by atoms with Crippen LogP contribution in [0.3, 0.4) is 0 Å². The van der Waals surface area contributed by atoms with Crippen LogP contribution in [0, 0.1) is 11.7 Å². The molecule has 1 amide bonds. The standard InChI is InChI=1S/C17H24FN2O2/c1-13(2)15-8-14(9-16(18)10-15)11-19(3)12-17(21)20-4-6-22-7-5-20/h8-10H,4-7,11-12H2,1-3H3. The number of ether oxygens (including phenoxy) is 1. The van der Waals surface area contributed by atoms with Gasteiger partial charge in [-0.2, -0.15) is 0 Å². The second-order valence-corrected chi connectivity index (χ2v) is 6.01. The Morgan fingerprint density at radius 3 is 2.59 bits per heavy atom. The van der Waals surface area contributed by atoms with E-state index in [0.717, 1.165) is 17.0 Å². The van der Waals surface area contributed by atoms with Crippen molar-refractivity contribution in [2.24, 2.45) is 0 Å². The Hall–Kier alpha value is -1.46. The highest BCUT2D eigenvalue weighted by Crippen LogP contribution is 2.18. The number of nitrogens with zero attached hydrogens (tertiary/aromatic N) is 2. The van der Waals surface area contributed by atoms with Gasteiger partial charge in [-0.3, -0.25) is 9.69 Å². The van der Waals surface area contributed by atoms with Gasteiger partial charge in [-0.15, -0.1) is 0 Å². The molecule has 4 nitrogen and oxygen atoms in total. The number of rotatable bonds is 5. The normalized spacial score (nSPS) is 15.6. The van der Waals surface area contributed by atoms with Crippen LogP contribution in [0.25, 0.3) is 0 Å². The number of hydrogen-bond acceptors (Lipinski definition) is 3. The molecule has 0 saturated carbocycles. The van der Waals surface area contributed by atoms with Crippen LogP contribution < -0.4 is 0 Å². The monoisotopic (exact) mass is 307 g/mol. The molecule has 0 atom stereocenters. The number of morpholine rings is 1. The van der Waals surface area contributed by atoms with E-state index in [9.17, 15) is 9.18 Å². The van der Waals surface area contributed by atoms with Gasteiger partial charge >= 0.3 is 0 Å². The van der Waals surface area contributed by atoms with E-state index in [-0.39, 0.29) is 11.7 Å². The number of benzene rings is 1. The first-order chi connectivity index (χ1) is 10.5. The number of carbonyl (C=O) groups excluding carboxylic acids is 1. The highest BCUT2D eigenvalue weighted by Gasteiger charge is 2.18. The van der Waals surface area contributed by atoms with E-state index < -0.39 is 0 Å². The van der Waals surface area contributed by atoms with Crippen molar-refractivity contribution in [2.45, 2.75) is 20.4 Å². The SMILES string of the molecule is C[C](C)c1cc(F)cc(CN(C)CC(=O)N2CCOCC2)c1. The lowest BCUT2D eigenvalue weighted by molar-refractivity contribution is -0.136. The van der Waals surface area contributed by atoms with E-state index >= 15 is 0 Å². The van der Waals surface area contributed by atoms with Crippen molar-refractivity contribution in [1.82, 2.24) is 9.80 Å². The maximum Gasteiger partial charge on any atom is 0.236 e. The summed E-state index contributed by atoms with van der Waals surface area (Å²) in [6, 6.07) is 5.05. The zero-order valence-electron chi connectivity index (χ0n) is 13.6. The molecule has 0 bridgehead atoms. The molecular formula is C17H24FN2O2. The van der Waals surface area contributed by atoms with Gasteiger partial charge in [0, 0.05) is 19.6 Å². The van der Waals surface area contributed by atoms with Crippen molar-refractivity contribution < 1.29 is 13.9 Å². The Bertz CT molecular complexity index is 513. The van der Waals surface area contributed by atoms with Crippen molar-refractivity contribution in [3.8, 4) is 0 Å². The zero-order valence-corrected chi connectivity index (χ0v) is 13.6. The molecule has 1 fully saturated rings. The lowest BCUT2D eigenvalue weighted by Gasteiger charge is -2.28. The predicted octanol–water partition coefficient (Wildman–Crippen LogP) is 2.08. The number of hydrogen-bond donors (Lipinski definition) is 0. The number of halogens is 1. The van der Waals surface area contributed by atoms with Crippen molar-refractivity contribution in [3.63, 3.8) is 0 Å². The van der Waals surface area contributed by atoms with Gasteiger partial charge in [0.15, 0.2) is 0 Å². The van der Waals surface area contributed by atoms with Crippen LogP contribution in [-0.4, -0.2) is 55.6 Å². The summed E-state index contributed by atoms with van der Waals surface area (Å²) in [7, 11) is 1.88. The molecule has 0 aromatic heterocycles. The maximum absolute atomic E-state index is 13.7. The Labute approximate surface area is 131 Å². The van der Waals surface area contributed by atoms with Crippen LogP contribution in [0.2, 0.25) is 0 Å². The lowest BCUT2D eigenvalue weighted by atomic mass is 10.0. The molecule has 1 aliphatic rings. The van der Waals surface area contributed by atoms with Crippen LogP contribution in [0.4, 0.5) is 4.39 Å². The second kappa shape index (κ2) is 7.70. The molecule has 0 unspecified atom stereocenters. The zero-order chi connectivity index (χ0) is 16.1. The quantitative estimate of drug-likeness (QED) is 0.835. The summed E-state index contributed by atoms with van der Waals surface area (Å²) < 4.78 is 18.9.